The number of hydrogen-bond acceptors (Lipinski definition) is 3. The van der Waals surface area contributed by atoms with Crippen LogP contribution in [0.1, 0.15) is 28.3 Å². The van der Waals surface area contributed by atoms with Gasteiger partial charge in [-0.3, -0.25) is 9.97 Å². The number of allylic oxidation sites excluding steroid dienone is 1. The second-order valence-electron chi connectivity index (χ2n) is 14.0. The molecule has 7 aromatic carbocycles. The Morgan fingerprint density at radius 3 is 1.47 bits per heavy atom. The number of rotatable bonds is 4. The normalized spacial score (nSPS) is 14.1. The molecule has 248 valence electrons. The molecule has 0 radical (unpaired) electrons. The van der Waals surface area contributed by atoms with Crippen LogP contribution in [0.3, 0.4) is 0 Å². The molecule has 53 heavy (non-hydrogen) atoms. The van der Waals surface area contributed by atoms with Gasteiger partial charge in [-0.25, -0.2) is 0 Å². The van der Waals surface area contributed by atoms with Gasteiger partial charge in [0.05, 0.1) is 0 Å². The summed E-state index contributed by atoms with van der Waals surface area (Å²) in [5.41, 5.74) is 10.1. The van der Waals surface area contributed by atoms with Crippen LogP contribution in [0.5, 0.6) is 0 Å². The van der Waals surface area contributed by atoms with E-state index in [1.54, 1.807) is 0 Å². The second-order valence-corrected chi connectivity index (χ2v) is 15.0. The van der Waals surface area contributed by atoms with E-state index < -0.39 is 0 Å². The van der Waals surface area contributed by atoms with Crippen LogP contribution >= 0.6 is 11.3 Å². The van der Waals surface area contributed by atoms with Crippen molar-refractivity contribution in [2.75, 3.05) is 0 Å². The third-order valence-corrected chi connectivity index (χ3v) is 12.5. The lowest BCUT2D eigenvalue weighted by atomic mass is 9.79. The molecule has 0 bridgehead atoms. The lowest BCUT2D eigenvalue weighted by molar-refractivity contribution is 0.855. The second kappa shape index (κ2) is 12.1. The molecule has 3 heteroatoms. The van der Waals surface area contributed by atoms with Crippen LogP contribution in [0, 0.1) is 0 Å². The van der Waals surface area contributed by atoms with Gasteiger partial charge in [-0.2, -0.15) is 0 Å². The summed E-state index contributed by atoms with van der Waals surface area (Å²) in [6, 6.07) is 51.2. The molecule has 0 saturated carbocycles. The van der Waals surface area contributed by atoms with E-state index in [-0.39, 0.29) is 5.92 Å². The molecular formula is C50H32N2S. The minimum Gasteiger partial charge on any atom is -0.264 e. The molecule has 0 spiro atoms. The molecule has 0 N–H and O–H groups in total. The standard InChI is InChI=1S/C50H32N2S/c1-5-19-37-33(15-1)45(31-13-11-27-51-29-31)34-16-2-6-20-38(34)47(37)41-23-10-26-44-49(41)43-25-9-24-42(50(43)53-44)48-39-21-7-3-17-35(39)46(32-14-12-28-52-30-32)36-18-4-8-22-40(36)48/h1-23,25-30,42H,24H2. The summed E-state index contributed by atoms with van der Waals surface area (Å²) in [7, 11) is 0. The quantitative estimate of drug-likeness (QED) is 0.172. The summed E-state index contributed by atoms with van der Waals surface area (Å²) in [5.74, 6) is 0.222. The summed E-state index contributed by atoms with van der Waals surface area (Å²) in [6.07, 6.45) is 13.5. The van der Waals surface area contributed by atoms with E-state index in [1.165, 1.54) is 91.4 Å². The van der Waals surface area contributed by atoms with E-state index in [2.05, 4.69) is 150 Å². The Balaban J connectivity index is 1.20. The van der Waals surface area contributed by atoms with E-state index in [1.807, 2.05) is 48.3 Å². The van der Waals surface area contributed by atoms with Gasteiger partial charge in [0.25, 0.3) is 0 Å². The number of fused-ring (bicyclic) bond motifs is 7. The fourth-order valence-corrected chi connectivity index (χ4v) is 10.4. The Morgan fingerprint density at radius 1 is 0.472 bits per heavy atom. The smallest absolute Gasteiger partial charge is 0.0358 e. The number of nitrogens with zero attached hydrogens (tertiary/aromatic N) is 2. The molecule has 2 nitrogen and oxygen atoms in total. The van der Waals surface area contributed by atoms with Crippen LogP contribution in [0.2, 0.25) is 0 Å². The Labute approximate surface area is 311 Å². The summed E-state index contributed by atoms with van der Waals surface area (Å²) in [4.78, 5) is 10.5. The number of thiophene rings is 1. The van der Waals surface area contributed by atoms with Crippen LogP contribution in [0.25, 0.3) is 92.6 Å². The first-order valence-corrected chi connectivity index (χ1v) is 19.1. The molecule has 0 fully saturated rings. The highest BCUT2D eigenvalue weighted by molar-refractivity contribution is 7.19. The van der Waals surface area contributed by atoms with Gasteiger partial charge in [0.15, 0.2) is 0 Å². The topological polar surface area (TPSA) is 25.8 Å². The van der Waals surface area contributed by atoms with Crippen LogP contribution in [0.15, 0.2) is 170 Å². The third-order valence-electron chi connectivity index (χ3n) is 11.2. The van der Waals surface area contributed by atoms with E-state index in [0.29, 0.717) is 0 Å². The van der Waals surface area contributed by atoms with Gasteiger partial charge in [-0.15, -0.1) is 11.3 Å². The van der Waals surface area contributed by atoms with Crippen molar-refractivity contribution >= 4 is 70.6 Å². The zero-order chi connectivity index (χ0) is 34.9. The molecule has 11 rings (SSSR count). The minimum atomic E-state index is 0.222. The predicted molar refractivity (Wildman–Crippen MR) is 226 cm³/mol. The van der Waals surface area contributed by atoms with Crippen molar-refractivity contribution in [1.29, 1.82) is 0 Å². The largest absolute Gasteiger partial charge is 0.264 e. The highest BCUT2D eigenvalue weighted by atomic mass is 32.1. The molecule has 1 atom stereocenters. The molecule has 0 amide bonds. The molecule has 1 aliphatic rings. The van der Waals surface area contributed by atoms with Gasteiger partial charge in [-0.05, 0) is 101 Å². The molecular weight excluding hydrogens is 661 g/mol. The zero-order valence-electron chi connectivity index (χ0n) is 28.8. The van der Waals surface area contributed by atoms with E-state index >= 15 is 0 Å². The summed E-state index contributed by atoms with van der Waals surface area (Å²) >= 11 is 1.97. The average Bonchev–Trinajstić information content (AvgIpc) is 3.62. The van der Waals surface area contributed by atoms with E-state index in [4.69, 9.17) is 0 Å². The van der Waals surface area contributed by atoms with Crippen molar-refractivity contribution in [2.24, 2.45) is 0 Å². The van der Waals surface area contributed by atoms with Crippen LogP contribution < -0.4 is 0 Å². The number of benzene rings is 7. The maximum absolute atomic E-state index is 4.52. The maximum atomic E-state index is 4.52. The summed E-state index contributed by atoms with van der Waals surface area (Å²) < 4.78 is 1.33. The summed E-state index contributed by atoms with van der Waals surface area (Å²) in [6.45, 7) is 0. The van der Waals surface area contributed by atoms with Crippen molar-refractivity contribution in [1.82, 2.24) is 9.97 Å². The van der Waals surface area contributed by atoms with Crippen LogP contribution in [-0.2, 0) is 0 Å². The molecule has 1 unspecified atom stereocenters. The zero-order valence-corrected chi connectivity index (χ0v) is 29.6. The highest BCUT2D eigenvalue weighted by Crippen LogP contribution is 2.53. The van der Waals surface area contributed by atoms with Gasteiger partial charge in [0, 0.05) is 56.8 Å². The fourth-order valence-electron chi connectivity index (χ4n) is 9.10. The predicted octanol–water partition coefficient (Wildman–Crippen LogP) is 13.9. The molecule has 3 aromatic heterocycles. The first-order valence-electron chi connectivity index (χ1n) is 18.2. The van der Waals surface area contributed by atoms with Crippen molar-refractivity contribution in [2.45, 2.75) is 12.3 Å². The number of hydrogen-bond donors (Lipinski definition) is 0. The first-order chi connectivity index (χ1) is 26.3. The number of aromatic nitrogens is 2. The van der Waals surface area contributed by atoms with Crippen molar-refractivity contribution < 1.29 is 0 Å². The van der Waals surface area contributed by atoms with Crippen molar-refractivity contribution in [3.05, 3.63) is 186 Å². The van der Waals surface area contributed by atoms with E-state index in [9.17, 15) is 0 Å². The SMILES string of the molecule is C1=Cc2c(sc3cccc(-c4c5ccccc5c(-c5cccnc5)c5ccccc45)c23)C(c2c3ccccc3c(-c3cccnc3)c3ccccc23)C1. The van der Waals surface area contributed by atoms with Gasteiger partial charge in [-0.1, -0.05) is 133 Å². The van der Waals surface area contributed by atoms with Gasteiger partial charge in [0.1, 0.15) is 0 Å². The minimum absolute atomic E-state index is 0.222. The monoisotopic (exact) mass is 692 g/mol. The highest BCUT2D eigenvalue weighted by Gasteiger charge is 2.29. The molecule has 1 aliphatic carbocycles. The van der Waals surface area contributed by atoms with Crippen molar-refractivity contribution in [3.63, 3.8) is 0 Å². The fraction of sp³-hybridized carbons (Fsp3) is 0.0400. The van der Waals surface area contributed by atoms with Crippen LogP contribution in [-0.4, -0.2) is 9.97 Å². The average molecular weight is 693 g/mol. The Hall–Kier alpha value is -6.42. The van der Waals surface area contributed by atoms with Crippen LogP contribution in [0.4, 0.5) is 0 Å². The molecule has 10 aromatic rings. The third kappa shape index (κ3) is 4.57. The molecule has 3 heterocycles. The Bertz CT molecular complexity index is 2970. The maximum Gasteiger partial charge on any atom is 0.0358 e. The van der Waals surface area contributed by atoms with Gasteiger partial charge < -0.3 is 0 Å². The first kappa shape index (κ1) is 30.2. The lowest BCUT2D eigenvalue weighted by Crippen LogP contribution is -2.05. The van der Waals surface area contributed by atoms with Gasteiger partial charge >= 0.3 is 0 Å². The Morgan fingerprint density at radius 2 is 0.962 bits per heavy atom. The lowest BCUT2D eigenvalue weighted by Gasteiger charge is -2.25. The van der Waals surface area contributed by atoms with Crippen molar-refractivity contribution in [3.8, 4) is 33.4 Å². The molecule has 0 saturated heterocycles. The molecule has 0 aliphatic heterocycles. The van der Waals surface area contributed by atoms with Gasteiger partial charge in [0.2, 0.25) is 0 Å². The van der Waals surface area contributed by atoms with E-state index in [0.717, 1.165) is 17.5 Å². The Kier molecular flexibility index (Phi) is 6.89. The number of pyridine rings is 2. The summed E-state index contributed by atoms with van der Waals surface area (Å²) in [5, 5.41) is 11.5.